The van der Waals surface area contributed by atoms with Crippen LogP contribution in [0.3, 0.4) is 0 Å². The third-order valence-corrected chi connectivity index (χ3v) is 7.00. The van der Waals surface area contributed by atoms with Gasteiger partial charge in [0.15, 0.2) is 5.13 Å². The number of fused-ring (bicyclic) bond motifs is 1. The van der Waals surface area contributed by atoms with Crippen molar-refractivity contribution in [3.05, 3.63) is 57.6 Å². The Morgan fingerprint density at radius 3 is 2.81 bits per heavy atom. The minimum atomic E-state index is -0.169. The molecule has 1 unspecified atom stereocenters. The number of hydrogen-bond donors (Lipinski definition) is 1. The topological polar surface area (TPSA) is 93.0 Å². The van der Waals surface area contributed by atoms with E-state index in [-0.39, 0.29) is 17.6 Å². The molecule has 0 saturated carbocycles. The molecule has 1 aliphatic carbocycles. The summed E-state index contributed by atoms with van der Waals surface area (Å²) in [6, 6.07) is 6.75. The van der Waals surface area contributed by atoms with Crippen LogP contribution in [0.5, 0.6) is 0 Å². The lowest BCUT2D eigenvalue weighted by atomic mass is 10.0. The van der Waals surface area contributed by atoms with Crippen molar-refractivity contribution in [2.45, 2.75) is 51.1 Å². The molecule has 1 N–H and O–H groups in total. The Bertz CT molecular complexity index is 1120. The first kappa shape index (κ1) is 19.9. The van der Waals surface area contributed by atoms with Crippen LogP contribution >= 0.6 is 11.3 Å². The van der Waals surface area contributed by atoms with Gasteiger partial charge in [-0.1, -0.05) is 0 Å². The predicted molar refractivity (Wildman–Crippen MR) is 119 cm³/mol. The number of carbonyl (C=O) groups is 1. The summed E-state index contributed by atoms with van der Waals surface area (Å²) in [5, 5.41) is 8.20. The Morgan fingerprint density at radius 2 is 1.97 bits per heavy atom. The first-order chi connectivity index (χ1) is 15.2. The second-order valence-corrected chi connectivity index (χ2v) is 9.07. The van der Waals surface area contributed by atoms with Crippen molar-refractivity contribution in [2.24, 2.45) is 0 Å². The molecule has 1 atom stereocenters. The number of urea groups is 1. The van der Waals surface area contributed by atoms with Gasteiger partial charge in [0.2, 0.25) is 0 Å². The van der Waals surface area contributed by atoms with Gasteiger partial charge in [-0.15, -0.1) is 11.3 Å². The van der Waals surface area contributed by atoms with Gasteiger partial charge in [0, 0.05) is 35.4 Å². The van der Waals surface area contributed by atoms with Crippen LogP contribution in [0.25, 0.3) is 11.3 Å². The summed E-state index contributed by atoms with van der Waals surface area (Å²) in [6.07, 6.45) is 9.56. The SMILES string of the molecule is O=C(Nc1nc2c(s1)CCCC2)N1CCCC1Cn1nc(-c2ccncc2)ccc1=O. The number of thiazole rings is 1. The molecule has 2 amide bonds. The molecule has 1 fully saturated rings. The first-order valence-corrected chi connectivity index (χ1v) is 11.5. The quantitative estimate of drug-likeness (QED) is 0.677. The molecule has 1 aliphatic heterocycles. The number of amides is 2. The fourth-order valence-electron chi connectivity index (χ4n) is 4.32. The van der Waals surface area contributed by atoms with Gasteiger partial charge in [-0.25, -0.2) is 14.5 Å². The molecule has 0 radical (unpaired) electrons. The van der Waals surface area contributed by atoms with Gasteiger partial charge < -0.3 is 4.90 Å². The van der Waals surface area contributed by atoms with E-state index in [2.05, 4.69) is 20.4 Å². The Balaban J connectivity index is 1.31. The van der Waals surface area contributed by atoms with Crippen LogP contribution in [0.2, 0.25) is 0 Å². The minimum absolute atomic E-state index is 0.0764. The average Bonchev–Trinajstić information content (AvgIpc) is 3.42. The number of likely N-dealkylation sites (tertiary alicyclic amines) is 1. The molecule has 0 bridgehead atoms. The second-order valence-electron chi connectivity index (χ2n) is 7.99. The van der Waals surface area contributed by atoms with E-state index in [0.29, 0.717) is 23.9 Å². The molecule has 160 valence electrons. The van der Waals surface area contributed by atoms with E-state index in [9.17, 15) is 9.59 Å². The van der Waals surface area contributed by atoms with Crippen molar-refractivity contribution in [1.29, 1.82) is 0 Å². The highest BCUT2D eigenvalue weighted by atomic mass is 32.1. The summed E-state index contributed by atoms with van der Waals surface area (Å²) in [6.45, 7) is 1.04. The van der Waals surface area contributed by atoms with E-state index in [1.165, 1.54) is 28.5 Å². The summed E-state index contributed by atoms with van der Waals surface area (Å²) in [5.74, 6) is 0. The highest BCUT2D eigenvalue weighted by Crippen LogP contribution is 2.30. The third-order valence-electron chi connectivity index (χ3n) is 5.92. The van der Waals surface area contributed by atoms with Crippen molar-refractivity contribution in [2.75, 3.05) is 11.9 Å². The molecule has 3 aromatic rings. The van der Waals surface area contributed by atoms with E-state index >= 15 is 0 Å². The minimum Gasteiger partial charge on any atom is -0.320 e. The van der Waals surface area contributed by atoms with Crippen molar-refractivity contribution in [3.63, 3.8) is 0 Å². The van der Waals surface area contributed by atoms with Crippen LogP contribution < -0.4 is 10.9 Å². The number of aromatic nitrogens is 4. The molecular formula is C22H24N6O2S. The lowest BCUT2D eigenvalue weighted by Gasteiger charge is -2.24. The monoisotopic (exact) mass is 436 g/mol. The predicted octanol–water partition coefficient (Wildman–Crippen LogP) is 3.34. The summed E-state index contributed by atoms with van der Waals surface area (Å²) in [7, 11) is 0. The van der Waals surface area contributed by atoms with Gasteiger partial charge in [-0.2, -0.15) is 5.10 Å². The fourth-order valence-corrected chi connectivity index (χ4v) is 5.36. The van der Waals surface area contributed by atoms with Crippen LogP contribution in [0.4, 0.5) is 9.93 Å². The van der Waals surface area contributed by atoms with Crippen molar-refractivity contribution >= 4 is 22.5 Å². The van der Waals surface area contributed by atoms with Crippen molar-refractivity contribution in [1.82, 2.24) is 24.6 Å². The summed E-state index contributed by atoms with van der Waals surface area (Å²) in [5.41, 5.74) is 2.58. The fraction of sp³-hybridized carbons (Fsp3) is 0.409. The highest BCUT2D eigenvalue weighted by Gasteiger charge is 2.30. The highest BCUT2D eigenvalue weighted by molar-refractivity contribution is 7.15. The standard InChI is InChI=1S/C22H24N6O2S/c29-20-8-7-17(15-9-11-23-12-10-15)26-28(20)14-16-4-3-13-27(16)22(30)25-21-24-18-5-1-2-6-19(18)31-21/h7-12,16H,1-6,13-14H2,(H,24,25,30). The molecule has 2 aliphatic rings. The summed E-state index contributed by atoms with van der Waals surface area (Å²) < 4.78 is 1.47. The number of nitrogens with zero attached hydrogens (tertiary/aromatic N) is 5. The van der Waals surface area contributed by atoms with Crippen LogP contribution in [-0.2, 0) is 19.4 Å². The maximum Gasteiger partial charge on any atom is 0.323 e. The average molecular weight is 437 g/mol. The van der Waals surface area contributed by atoms with Crippen LogP contribution in [0.15, 0.2) is 41.5 Å². The molecule has 3 aromatic heterocycles. The van der Waals surface area contributed by atoms with Crippen molar-refractivity contribution < 1.29 is 4.79 Å². The number of pyridine rings is 1. The largest absolute Gasteiger partial charge is 0.323 e. The molecule has 0 aromatic carbocycles. The smallest absolute Gasteiger partial charge is 0.320 e. The number of hydrogen-bond acceptors (Lipinski definition) is 6. The number of aryl methyl sites for hydroxylation is 2. The molecule has 4 heterocycles. The zero-order valence-electron chi connectivity index (χ0n) is 17.2. The van der Waals surface area contributed by atoms with Gasteiger partial charge in [0.25, 0.3) is 5.56 Å². The normalized spacial score (nSPS) is 18.1. The van der Waals surface area contributed by atoms with E-state index in [0.717, 1.165) is 36.9 Å². The van der Waals surface area contributed by atoms with Gasteiger partial charge >= 0.3 is 6.03 Å². The van der Waals surface area contributed by atoms with E-state index in [1.807, 2.05) is 17.0 Å². The number of rotatable bonds is 4. The Morgan fingerprint density at radius 1 is 1.13 bits per heavy atom. The molecule has 8 nitrogen and oxygen atoms in total. The maximum atomic E-state index is 13.0. The number of carbonyl (C=O) groups excluding carboxylic acids is 1. The first-order valence-electron chi connectivity index (χ1n) is 10.7. The molecule has 1 saturated heterocycles. The number of anilines is 1. The Hall–Kier alpha value is -3.07. The summed E-state index contributed by atoms with van der Waals surface area (Å²) in [4.78, 5) is 37.2. The molecule has 0 spiro atoms. The van der Waals surface area contributed by atoms with Crippen LogP contribution in [0, 0.1) is 0 Å². The molecule has 31 heavy (non-hydrogen) atoms. The molecule has 5 rings (SSSR count). The van der Waals surface area contributed by atoms with Crippen LogP contribution in [-0.4, -0.2) is 43.3 Å². The molecule has 9 heteroatoms. The van der Waals surface area contributed by atoms with Gasteiger partial charge in [-0.05, 0) is 56.7 Å². The Kier molecular flexibility index (Phi) is 5.50. The van der Waals surface area contributed by atoms with Gasteiger partial charge in [0.05, 0.1) is 24.0 Å². The third kappa shape index (κ3) is 4.23. The van der Waals surface area contributed by atoms with Gasteiger partial charge in [0.1, 0.15) is 0 Å². The number of nitrogens with one attached hydrogen (secondary N) is 1. The van der Waals surface area contributed by atoms with E-state index in [4.69, 9.17) is 0 Å². The van der Waals surface area contributed by atoms with E-state index < -0.39 is 0 Å². The van der Waals surface area contributed by atoms with E-state index in [1.54, 1.807) is 29.8 Å². The lowest BCUT2D eigenvalue weighted by molar-refractivity contribution is 0.199. The zero-order chi connectivity index (χ0) is 21.2. The Labute approximate surface area is 184 Å². The summed E-state index contributed by atoms with van der Waals surface area (Å²) >= 11 is 1.59. The second kappa shape index (κ2) is 8.58. The zero-order valence-corrected chi connectivity index (χ0v) is 18.0. The van der Waals surface area contributed by atoms with Crippen molar-refractivity contribution in [3.8, 4) is 11.3 Å². The lowest BCUT2D eigenvalue weighted by Crippen LogP contribution is -2.42. The molecular weight excluding hydrogens is 412 g/mol. The maximum absolute atomic E-state index is 13.0. The van der Waals surface area contributed by atoms with Gasteiger partial charge in [-0.3, -0.25) is 15.1 Å². The van der Waals surface area contributed by atoms with Crippen LogP contribution in [0.1, 0.15) is 36.3 Å².